The molecule has 1 amide bonds. The zero-order valence-electron chi connectivity index (χ0n) is 17.7. The van der Waals surface area contributed by atoms with Gasteiger partial charge >= 0.3 is 0 Å². The second-order valence-corrected chi connectivity index (χ2v) is 9.88. The van der Waals surface area contributed by atoms with E-state index in [2.05, 4.69) is 4.72 Å². The molecule has 0 bridgehead atoms. The molecule has 2 aromatic rings. The number of nitrogens with one attached hydrogen (secondary N) is 1. The number of halogens is 1. The third kappa shape index (κ3) is 6.32. The van der Waals surface area contributed by atoms with Gasteiger partial charge in [0.15, 0.2) is 0 Å². The number of benzene rings is 2. The maximum absolute atomic E-state index is 12.7. The molecule has 1 atom stereocenters. The van der Waals surface area contributed by atoms with Gasteiger partial charge in [-0.05, 0) is 62.1 Å². The van der Waals surface area contributed by atoms with Gasteiger partial charge in [-0.25, -0.2) is 13.1 Å². The molecule has 0 aliphatic carbocycles. The molecule has 2 aromatic carbocycles. The van der Waals surface area contributed by atoms with Crippen LogP contribution < -0.4 is 9.46 Å². The monoisotopic (exact) mass is 462 g/mol. The van der Waals surface area contributed by atoms with Crippen molar-refractivity contribution in [2.24, 2.45) is 5.92 Å². The molecular weight excluding hydrogens is 436 g/mol. The average Bonchev–Trinajstić information content (AvgIpc) is 2.77. The van der Waals surface area contributed by atoms with E-state index >= 15 is 0 Å². The first-order chi connectivity index (χ1) is 14.8. The van der Waals surface area contributed by atoms with Crippen LogP contribution in [-0.2, 0) is 14.8 Å². The Bertz CT molecular complexity index is 1050. The van der Waals surface area contributed by atoms with Gasteiger partial charge in [0.1, 0.15) is 5.75 Å². The maximum atomic E-state index is 12.7. The number of sulfonamides is 1. The van der Waals surface area contributed by atoms with E-state index in [9.17, 15) is 13.2 Å². The summed E-state index contributed by atoms with van der Waals surface area (Å²) in [5.41, 5.74) is 1.73. The highest BCUT2D eigenvalue weighted by molar-refractivity contribution is 7.89. The van der Waals surface area contributed by atoms with Gasteiger partial charge in [0.05, 0.1) is 12.0 Å². The molecule has 1 heterocycles. The van der Waals surface area contributed by atoms with Crippen LogP contribution >= 0.6 is 11.6 Å². The second-order valence-electron chi connectivity index (χ2n) is 7.68. The van der Waals surface area contributed by atoms with Crippen LogP contribution in [0.4, 0.5) is 0 Å². The van der Waals surface area contributed by atoms with E-state index < -0.39 is 10.0 Å². The Morgan fingerprint density at radius 2 is 2.00 bits per heavy atom. The Hall–Kier alpha value is -2.35. The number of likely N-dealkylation sites (tertiary alicyclic amines) is 1. The summed E-state index contributed by atoms with van der Waals surface area (Å²) < 4.78 is 33.0. The second kappa shape index (κ2) is 10.3. The van der Waals surface area contributed by atoms with Crippen LogP contribution in [0.3, 0.4) is 0 Å². The van der Waals surface area contributed by atoms with E-state index in [4.69, 9.17) is 16.3 Å². The Kier molecular flexibility index (Phi) is 7.75. The molecule has 31 heavy (non-hydrogen) atoms. The van der Waals surface area contributed by atoms with Crippen LogP contribution in [0.2, 0.25) is 5.02 Å². The predicted molar refractivity (Wildman–Crippen MR) is 123 cm³/mol. The number of hydrogen-bond donors (Lipinski definition) is 1. The van der Waals surface area contributed by atoms with Crippen LogP contribution in [0.25, 0.3) is 6.08 Å². The molecule has 0 aromatic heterocycles. The molecule has 1 saturated heterocycles. The lowest BCUT2D eigenvalue weighted by atomic mass is 9.98. The lowest BCUT2D eigenvalue weighted by Gasteiger charge is -2.32. The number of carbonyl (C=O) groups excluding carboxylic acids is 1. The Labute approximate surface area is 188 Å². The number of ether oxygens (including phenoxy) is 1. The predicted octanol–water partition coefficient (Wildman–Crippen LogP) is 3.89. The van der Waals surface area contributed by atoms with Gasteiger partial charge in [-0.15, -0.1) is 0 Å². The van der Waals surface area contributed by atoms with Crippen LogP contribution in [0, 0.1) is 12.8 Å². The van der Waals surface area contributed by atoms with Gasteiger partial charge in [-0.3, -0.25) is 4.79 Å². The lowest BCUT2D eigenvalue weighted by molar-refractivity contribution is -0.127. The highest BCUT2D eigenvalue weighted by atomic mass is 35.5. The lowest BCUT2D eigenvalue weighted by Crippen LogP contribution is -2.43. The Morgan fingerprint density at radius 3 is 2.71 bits per heavy atom. The van der Waals surface area contributed by atoms with Gasteiger partial charge in [-0.2, -0.15) is 0 Å². The minimum absolute atomic E-state index is 0.0621. The van der Waals surface area contributed by atoms with E-state index in [1.54, 1.807) is 60.6 Å². The fraction of sp³-hybridized carbons (Fsp3) is 0.348. The van der Waals surface area contributed by atoms with Crippen LogP contribution in [0.5, 0.6) is 5.75 Å². The minimum Gasteiger partial charge on any atom is -0.496 e. The summed E-state index contributed by atoms with van der Waals surface area (Å²) in [6.45, 7) is 3.36. The molecule has 166 valence electrons. The van der Waals surface area contributed by atoms with Crippen LogP contribution in [-0.4, -0.2) is 46.0 Å². The highest BCUT2D eigenvalue weighted by Crippen LogP contribution is 2.24. The molecular formula is C23H27ClN2O4S. The number of piperidine rings is 1. The van der Waals surface area contributed by atoms with E-state index in [1.807, 2.05) is 6.92 Å². The van der Waals surface area contributed by atoms with Crippen molar-refractivity contribution in [1.29, 1.82) is 0 Å². The van der Waals surface area contributed by atoms with Crippen molar-refractivity contribution in [2.45, 2.75) is 24.7 Å². The molecule has 0 spiro atoms. The van der Waals surface area contributed by atoms with Crippen LogP contribution in [0.15, 0.2) is 53.4 Å². The number of aryl methyl sites for hydroxylation is 1. The van der Waals surface area contributed by atoms with Crippen molar-refractivity contribution >= 4 is 33.6 Å². The molecule has 1 fully saturated rings. The van der Waals surface area contributed by atoms with Gasteiger partial charge in [0.2, 0.25) is 15.9 Å². The fourth-order valence-corrected chi connectivity index (χ4v) is 4.86. The topological polar surface area (TPSA) is 75.7 Å². The first-order valence-electron chi connectivity index (χ1n) is 10.2. The van der Waals surface area contributed by atoms with E-state index in [-0.39, 0.29) is 16.7 Å². The number of amides is 1. The van der Waals surface area contributed by atoms with Gasteiger partial charge in [0, 0.05) is 36.3 Å². The van der Waals surface area contributed by atoms with Crippen molar-refractivity contribution in [1.82, 2.24) is 9.62 Å². The average molecular weight is 463 g/mol. The molecule has 8 heteroatoms. The van der Waals surface area contributed by atoms with Crippen molar-refractivity contribution in [3.05, 3.63) is 64.7 Å². The molecule has 1 N–H and O–H groups in total. The molecule has 1 aliphatic heterocycles. The van der Waals surface area contributed by atoms with E-state index in [0.29, 0.717) is 30.4 Å². The Morgan fingerprint density at radius 1 is 1.26 bits per heavy atom. The van der Waals surface area contributed by atoms with Crippen molar-refractivity contribution < 1.29 is 17.9 Å². The number of hydrogen-bond acceptors (Lipinski definition) is 4. The zero-order valence-corrected chi connectivity index (χ0v) is 19.2. The number of rotatable bonds is 7. The summed E-state index contributed by atoms with van der Waals surface area (Å²) in [6, 6.07) is 12.0. The van der Waals surface area contributed by atoms with Gasteiger partial charge in [0.25, 0.3) is 0 Å². The maximum Gasteiger partial charge on any atom is 0.246 e. The third-order valence-electron chi connectivity index (χ3n) is 5.32. The molecule has 3 rings (SSSR count). The smallest absolute Gasteiger partial charge is 0.246 e. The summed E-state index contributed by atoms with van der Waals surface area (Å²) in [4.78, 5) is 14.7. The summed E-state index contributed by atoms with van der Waals surface area (Å²) >= 11 is 6.04. The molecule has 1 aliphatic rings. The van der Waals surface area contributed by atoms with E-state index in [1.165, 1.54) is 6.08 Å². The standard InChI is InChI=1S/C23H27ClN2O4S/c1-17-5-9-21(10-6-17)31(28,29)25-15-18-4-3-13-26(16-18)23(27)12-7-19-14-20(24)8-11-22(19)30-2/h5-12,14,18,25H,3-4,13,15-16H2,1-2H3/b12-7+. The molecule has 0 saturated carbocycles. The SMILES string of the molecule is COc1ccc(Cl)cc1/C=C/C(=O)N1CCCC(CNS(=O)(=O)c2ccc(C)cc2)C1. The molecule has 6 nitrogen and oxygen atoms in total. The molecule has 1 unspecified atom stereocenters. The summed E-state index contributed by atoms with van der Waals surface area (Å²) in [6.07, 6.45) is 4.90. The van der Waals surface area contributed by atoms with E-state index in [0.717, 1.165) is 24.0 Å². The first kappa shape index (κ1) is 23.3. The number of carbonyl (C=O) groups is 1. The summed E-state index contributed by atoms with van der Waals surface area (Å²) in [7, 11) is -2.00. The van der Waals surface area contributed by atoms with Crippen molar-refractivity contribution in [3.63, 3.8) is 0 Å². The fourth-order valence-electron chi connectivity index (χ4n) is 3.56. The number of methoxy groups -OCH3 is 1. The Balaban J connectivity index is 1.59. The minimum atomic E-state index is -3.57. The normalized spacial score (nSPS) is 17.1. The first-order valence-corrected chi connectivity index (χ1v) is 12.0. The summed E-state index contributed by atoms with van der Waals surface area (Å²) in [5, 5.41) is 0.562. The van der Waals surface area contributed by atoms with Gasteiger partial charge < -0.3 is 9.64 Å². The zero-order chi connectivity index (χ0) is 22.4. The largest absolute Gasteiger partial charge is 0.496 e. The third-order valence-corrected chi connectivity index (χ3v) is 7.00. The van der Waals surface area contributed by atoms with Crippen molar-refractivity contribution in [3.8, 4) is 5.75 Å². The number of nitrogens with zero attached hydrogens (tertiary/aromatic N) is 1. The summed E-state index contributed by atoms with van der Waals surface area (Å²) in [5.74, 6) is 0.579. The molecule has 0 radical (unpaired) electrons. The van der Waals surface area contributed by atoms with Gasteiger partial charge in [-0.1, -0.05) is 29.3 Å². The van der Waals surface area contributed by atoms with Crippen LogP contribution in [0.1, 0.15) is 24.0 Å². The highest BCUT2D eigenvalue weighted by Gasteiger charge is 2.24. The quantitative estimate of drug-likeness (QED) is 0.633. The van der Waals surface area contributed by atoms with Crippen molar-refractivity contribution in [2.75, 3.05) is 26.7 Å².